The Morgan fingerprint density at radius 1 is 1.29 bits per heavy atom. The lowest BCUT2D eigenvalue weighted by molar-refractivity contribution is 0.322. The zero-order valence-corrected chi connectivity index (χ0v) is 10.6. The van der Waals surface area contributed by atoms with Crippen molar-refractivity contribution in [3.63, 3.8) is 0 Å². The molecule has 0 amide bonds. The molecule has 0 atom stereocenters. The molecule has 0 unspecified atom stereocenters. The number of rotatable bonds is 7. The molecule has 0 saturated carbocycles. The van der Waals surface area contributed by atoms with Crippen LogP contribution in [0.1, 0.15) is 33.1 Å². The van der Waals surface area contributed by atoms with Crippen LogP contribution in [-0.4, -0.2) is 13.2 Å². The Bertz CT molecular complexity index is 356. The second kappa shape index (κ2) is 6.99. The normalized spacial score (nSPS) is 10.3. The molecule has 0 aliphatic rings. The average molecular weight is 240 g/mol. The molecule has 0 heterocycles. The number of nitrogen functional groups attached to an aromatic ring is 1. The molecule has 1 aromatic rings. The highest BCUT2D eigenvalue weighted by Crippen LogP contribution is 2.28. The maximum atomic E-state index is 13.4. The Morgan fingerprint density at radius 3 is 2.71 bits per heavy atom. The quantitative estimate of drug-likeness (QED) is 0.567. The summed E-state index contributed by atoms with van der Waals surface area (Å²) in [6.07, 6.45) is 3.43. The third kappa shape index (κ3) is 4.13. The van der Waals surface area contributed by atoms with Gasteiger partial charge >= 0.3 is 0 Å². The van der Waals surface area contributed by atoms with E-state index in [4.69, 9.17) is 10.5 Å². The van der Waals surface area contributed by atoms with Gasteiger partial charge in [0, 0.05) is 18.7 Å². The molecule has 0 aliphatic heterocycles. The van der Waals surface area contributed by atoms with Crippen LogP contribution in [0.25, 0.3) is 0 Å². The summed E-state index contributed by atoms with van der Waals surface area (Å²) >= 11 is 0. The highest BCUT2D eigenvalue weighted by molar-refractivity contribution is 5.68. The first-order valence-electron chi connectivity index (χ1n) is 6.14. The summed E-state index contributed by atoms with van der Waals surface area (Å²) < 4.78 is 18.6. The number of hydrogen-bond acceptors (Lipinski definition) is 3. The number of halogens is 1. The smallest absolute Gasteiger partial charge is 0.167 e. The molecule has 3 N–H and O–H groups in total. The van der Waals surface area contributed by atoms with E-state index in [1.165, 1.54) is 18.9 Å². The van der Waals surface area contributed by atoms with E-state index >= 15 is 0 Å². The van der Waals surface area contributed by atoms with Gasteiger partial charge in [-0.2, -0.15) is 0 Å². The largest absolute Gasteiger partial charge is 0.491 e. The van der Waals surface area contributed by atoms with Crippen molar-refractivity contribution in [2.24, 2.45) is 0 Å². The van der Waals surface area contributed by atoms with Crippen LogP contribution in [0.3, 0.4) is 0 Å². The summed E-state index contributed by atoms with van der Waals surface area (Å²) in [5.41, 5.74) is 6.90. The van der Waals surface area contributed by atoms with Crippen molar-refractivity contribution < 1.29 is 9.13 Å². The summed E-state index contributed by atoms with van der Waals surface area (Å²) in [7, 11) is 0. The minimum Gasteiger partial charge on any atom is -0.491 e. The van der Waals surface area contributed by atoms with Crippen molar-refractivity contribution in [1.82, 2.24) is 0 Å². The molecule has 0 fully saturated rings. The number of ether oxygens (including phenoxy) is 1. The summed E-state index contributed by atoms with van der Waals surface area (Å²) in [6.45, 7) is 5.26. The zero-order chi connectivity index (χ0) is 12.7. The van der Waals surface area contributed by atoms with E-state index in [0.717, 1.165) is 18.7 Å². The fourth-order valence-electron chi connectivity index (χ4n) is 1.59. The summed E-state index contributed by atoms with van der Waals surface area (Å²) in [6, 6.07) is 2.92. The predicted molar refractivity (Wildman–Crippen MR) is 70.0 cm³/mol. The van der Waals surface area contributed by atoms with Crippen LogP contribution in [0, 0.1) is 5.82 Å². The standard InChI is InChI=1S/C13H21FN2O/c1-3-5-6-7-16-12-9-13(17-4-2)10(14)8-11(12)15/h8-9,16H,3-7,15H2,1-2H3. The number of benzene rings is 1. The molecule has 1 rings (SSSR count). The first-order chi connectivity index (χ1) is 8.19. The van der Waals surface area contributed by atoms with Gasteiger partial charge in [0.1, 0.15) is 0 Å². The van der Waals surface area contributed by atoms with Crippen LogP contribution in [-0.2, 0) is 0 Å². The minimum atomic E-state index is -0.413. The van der Waals surface area contributed by atoms with Gasteiger partial charge in [-0.1, -0.05) is 19.8 Å². The summed E-state index contributed by atoms with van der Waals surface area (Å²) in [5.74, 6) is -0.164. The zero-order valence-electron chi connectivity index (χ0n) is 10.6. The van der Waals surface area contributed by atoms with E-state index in [9.17, 15) is 4.39 Å². The minimum absolute atomic E-state index is 0.250. The Balaban J connectivity index is 2.66. The van der Waals surface area contributed by atoms with Crippen molar-refractivity contribution in [1.29, 1.82) is 0 Å². The van der Waals surface area contributed by atoms with Crippen LogP contribution in [0.4, 0.5) is 15.8 Å². The van der Waals surface area contributed by atoms with Crippen LogP contribution >= 0.6 is 0 Å². The van der Waals surface area contributed by atoms with Crippen molar-refractivity contribution in [3.05, 3.63) is 17.9 Å². The van der Waals surface area contributed by atoms with E-state index in [2.05, 4.69) is 12.2 Å². The van der Waals surface area contributed by atoms with Gasteiger partial charge in [0.15, 0.2) is 11.6 Å². The maximum Gasteiger partial charge on any atom is 0.167 e. The van der Waals surface area contributed by atoms with E-state index in [1.807, 2.05) is 6.92 Å². The highest BCUT2D eigenvalue weighted by atomic mass is 19.1. The van der Waals surface area contributed by atoms with Crippen molar-refractivity contribution in [2.45, 2.75) is 33.1 Å². The number of unbranched alkanes of at least 4 members (excludes halogenated alkanes) is 2. The number of anilines is 2. The lowest BCUT2D eigenvalue weighted by Gasteiger charge is -2.12. The highest BCUT2D eigenvalue weighted by Gasteiger charge is 2.08. The number of nitrogens with two attached hydrogens (primary N) is 1. The molecular formula is C13H21FN2O. The van der Waals surface area contributed by atoms with E-state index in [0.29, 0.717) is 12.3 Å². The van der Waals surface area contributed by atoms with Gasteiger partial charge < -0.3 is 15.8 Å². The lowest BCUT2D eigenvalue weighted by atomic mass is 10.2. The van der Waals surface area contributed by atoms with Crippen molar-refractivity contribution in [3.8, 4) is 5.75 Å². The van der Waals surface area contributed by atoms with Crippen molar-refractivity contribution in [2.75, 3.05) is 24.2 Å². The third-order valence-corrected chi connectivity index (χ3v) is 2.50. The molecule has 17 heavy (non-hydrogen) atoms. The van der Waals surface area contributed by atoms with Crippen LogP contribution in [0.2, 0.25) is 0 Å². The molecule has 3 nitrogen and oxygen atoms in total. The van der Waals surface area contributed by atoms with Gasteiger partial charge in [-0.05, 0) is 13.3 Å². The molecule has 0 bridgehead atoms. The topological polar surface area (TPSA) is 47.3 Å². The number of hydrogen-bond donors (Lipinski definition) is 2. The molecule has 96 valence electrons. The number of nitrogens with one attached hydrogen (secondary N) is 1. The van der Waals surface area contributed by atoms with Gasteiger partial charge in [-0.3, -0.25) is 0 Å². The molecular weight excluding hydrogens is 219 g/mol. The van der Waals surface area contributed by atoms with Crippen LogP contribution < -0.4 is 15.8 Å². The van der Waals surface area contributed by atoms with E-state index in [1.54, 1.807) is 6.07 Å². The van der Waals surface area contributed by atoms with E-state index in [-0.39, 0.29) is 5.75 Å². The van der Waals surface area contributed by atoms with Gasteiger partial charge in [0.25, 0.3) is 0 Å². The SMILES string of the molecule is CCCCCNc1cc(OCC)c(F)cc1N. The fraction of sp³-hybridized carbons (Fsp3) is 0.538. The van der Waals surface area contributed by atoms with Gasteiger partial charge in [0.05, 0.1) is 18.0 Å². The van der Waals surface area contributed by atoms with Crippen LogP contribution in [0.5, 0.6) is 5.75 Å². The second-order valence-corrected chi connectivity index (χ2v) is 3.94. The molecule has 0 aromatic heterocycles. The lowest BCUT2D eigenvalue weighted by Crippen LogP contribution is -2.06. The predicted octanol–water partition coefficient (Wildman–Crippen LogP) is 3.41. The first-order valence-corrected chi connectivity index (χ1v) is 6.14. The fourth-order valence-corrected chi connectivity index (χ4v) is 1.59. The molecule has 0 aliphatic carbocycles. The first kappa shape index (κ1) is 13.6. The van der Waals surface area contributed by atoms with Gasteiger partial charge in [0.2, 0.25) is 0 Å². The molecule has 0 spiro atoms. The van der Waals surface area contributed by atoms with Crippen LogP contribution in [0.15, 0.2) is 12.1 Å². The Labute approximate surface area is 102 Å². The van der Waals surface area contributed by atoms with Crippen molar-refractivity contribution >= 4 is 11.4 Å². The third-order valence-electron chi connectivity index (χ3n) is 2.50. The van der Waals surface area contributed by atoms with Gasteiger partial charge in [-0.15, -0.1) is 0 Å². The maximum absolute atomic E-state index is 13.4. The molecule has 4 heteroatoms. The second-order valence-electron chi connectivity index (χ2n) is 3.94. The van der Waals surface area contributed by atoms with Gasteiger partial charge in [-0.25, -0.2) is 4.39 Å². The monoisotopic (exact) mass is 240 g/mol. The Hall–Kier alpha value is -1.45. The Kier molecular flexibility index (Phi) is 5.60. The summed E-state index contributed by atoms with van der Waals surface area (Å²) in [4.78, 5) is 0. The van der Waals surface area contributed by atoms with E-state index < -0.39 is 5.82 Å². The molecule has 1 aromatic carbocycles. The Morgan fingerprint density at radius 2 is 2.06 bits per heavy atom. The molecule has 0 saturated heterocycles. The summed E-state index contributed by atoms with van der Waals surface area (Å²) in [5, 5.41) is 3.20. The molecule has 0 radical (unpaired) electrons. The average Bonchev–Trinajstić information content (AvgIpc) is 2.30.